The van der Waals surface area contributed by atoms with Gasteiger partial charge in [0.1, 0.15) is 0 Å². The predicted octanol–water partition coefficient (Wildman–Crippen LogP) is 1.94. The summed E-state index contributed by atoms with van der Waals surface area (Å²) in [5, 5.41) is 8.24. The molecule has 0 aromatic rings. The molecule has 1 N–H and O–H groups in total. The van der Waals surface area contributed by atoms with Crippen molar-refractivity contribution in [3.05, 3.63) is 12.2 Å². The van der Waals surface area contributed by atoms with Crippen LogP contribution in [0.3, 0.4) is 0 Å². The number of carboxylic acids is 1. The van der Waals surface area contributed by atoms with Crippen molar-refractivity contribution in [3.8, 4) is 0 Å². The lowest BCUT2D eigenvalue weighted by Crippen LogP contribution is -2.35. The molecule has 1 aliphatic carbocycles. The van der Waals surface area contributed by atoms with Gasteiger partial charge in [-0.1, -0.05) is 6.08 Å². The van der Waals surface area contributed by atoms with E-state index in [-0.39, 0.29) is 18.8 Å². The first-order valence-electron chi connectivity index (χ1n) is 4.02. The van der Waals surface area contributed by atoms with Gasteiger partial charge in [0, 0.05) is 6.08 Å². The molecule has 6 heteroatoms. The van der Waals surface area contributed by atoms with Crippen molar-refractivity contribution in [2.75, 3.05) is 0 Å². The summed E-state index contributed by atoms with van der Waals surface area (Å²) in [6, 6.07) is 0. The summed E-state index contributed by atoms with van der Waals surface area (Å²) in [7, 11) is 0. The van der Waals surface area contributed by atoms with Gasteiger partial charge in [-0.15, -0.1) is 13.2 Å². The molecule has 0 spiro atoms. The summed E-state index contributed by atoms with van der Waals surface area (Å²) in [5.74, 6) is -1.20. The fourth-order valence-electron chi connectivity index (χ4n) is 1.27. The van der Waals surface area contributed by atoms with Crippen molar-refractivity contribution in [2.24, 2.45) is 5.92 Å². The monoisotopic (exact) mass is 210 g/mol. The first kappa shape index (κ1) is 11.0. The molecule has 1 rings (SSSR count). The normalized spacial score (nSPS) is 27.6. The van der Waals surface area contributed by atoms with Crippen LogP contribution >= 0.6 is 0 Å². The highest BCUT2D eigenvalue weighted by atomic mass is 19.4. The van der Waals surface area contributed by atoms with E-state index in [0.717, 1.165) is 6.08 Å². The maximum absolute atomic E-state index is 11.6. The van der Waals surface area contributed by atoms with Gasteiger partial charge in [0.25, 0.3) is 0 Å². The molecule has 14 heavy (non-hydrogen) atoms. The lowest BCUT2D eigenvalue weighted by Gasteiger charge is -2.33. The number of carboxylic acid groups (broad SMARTS) is 1. The molecule has 0 aromatic carbocycles. The SMILES string of the molecule is O=C(O)/C=C/C1CC(OC(F)(F)F)C1. The molecule has 0 amide bonds. The fraction of sp³-hybridized carbons (Fsp3) is 0.625. The number of allylic oxidation sites excluding steroid dienone is 1. The Labute approximate surface area is 78.2 Å². The Morgan fingerprint density at radius 2 is 2.00 bits per heavy atom. The molecule has 0 aromatic heterocycles. The van der Waals surface area contributed by atoms with Gasteiger partial charge in [-0.2, -0.15) is 0 Å². The zero-order valence-electron chi connectivity index (χ0n) is 7.12. The summed E-state index contributed by atoms with van der Waals surface area (Å²) < 4.78 is 38.6. The van der Waals surface area contributed by atoms with Crippen LogP contribution in [0.5, 0.6) is 0 Å². The van der Waals surface area contributed by atoms with Crippen LogP contribution in [0, 0.1) is 5.92 Å². The lowest BCUT2D eigenvalue weighted by atomic mass is 9.82. The minimum Gasteiger partial charge on any atom is -0.478 e. The summed E-state index contributed by atoms with van der Waals surface area (Å²) in [6.07, 6.45) is -2.63. The molecule has 1 aliphatic rings. The number of ether oxygens (including phenoxy) is 1. The van der Waals surface area contributed by atoms with Crippen molar-refractivity contribution in [2.45, 2.75) is 25.3 Å². The second-order valence-corrected chi connectivity index (χ2v) is 3.11. The van der Waals surface area contributed by atoms with Gasteiger partial charge in [-0.05, 0) is 18.8 Å². The van der Waals surface area contributed by atoms with E-state index in [4.69, 9.17) is 5.11 Å². The molecule has 3 nitrogen and oxygen atoms in total. The van der Waals surface area contributed by atoms with E-state index in [9.17, 15) is 18.0 Å². The van der Waals surface area contributed by atoms with Crippen molar-refractivity contribution in [3.63, 3.8) is 0 Å². The Bertz CT molecular complexity index is 241. The number of carbonyl (C=O) groups is 1. The first-order valence-corrected chi connectivity index (χ1v) is 4.02. The average molecular weight is 210 g/mol. The number of rotatable bonds is 3. The van der Waals surface area contributed by atoms with Gasteiger partial charge in [-0.3, -0.25) is 4.74 Å². The third-order valence-electron chi connectivity index (χ3n) is 1.94. The molecular weight excluding hydrogens is 201 g/mol. The van der Waals surface area contributed by atoms with Crippen molar-refractivity contribution in [1.82, 2.24) is 0 Å². The molecule has 1 saturated carbocycles. The van der Waals surface area contributed by atoms with Gasteiger partial charge in [0.15, 0.2) is 0 Å². The van der Waals surface area contributed by atoms with Crippen LogP contribution < -0.4 is 0 Å². The number of aliphatic carboxylic acids is 1. The number of hydrogen-bond donors (Lipinski definition) is 1. The molecule has 0 radical (unpaired) electrons. The zero-order chi connectivity index (χ0) is 10.8. The van der Waals surface area contributed by atoms with E-state index >= 15 is 0 Å². The minimum atomic E-state index is -4.59. The highest BCUT2D eigenvalue weighted by Gasteiger charge is 2.39. The van der Waals surface area contributed by atoms with E-state index in [1.54, 1.807) is 0 Å². The van der Waals surface area contributed by atoms with Crippen LogP contribution in [0.1, 0.15) is 12.8 Å². The van der Waals surface area contributed by atoms with Crippen LogP contribution in [0.4, 0.5) is 13.2 Å². The van der Waals surface area contributed by atoms with Gasteiger partial charge in [0.05, 0.1) is 6.10 Å². The van der Waals surface area contributed by atoms with Crippen LogP contribution in [-0.2, 0) is 9.53 Å². The molecule has 1 fully saturated rings. The molecule has 0 bridgehead atoms. The Kier molecular flexibility index (Phi) is 3.15. The van der Waals surface area contributed by atoms with E-state index in [1.165, 1.54) is 6.08 Å². The van der Waals surface area contributed by atoms with E-state index in [1.807, 2.05) is 0 Å². The zero-order valence-corrected chi connectivity index (χ0v) is 7.12. The standard InChI is InChI=1S/C8H9F3O3/c9-8(10,11)14-6-3-5(4-6)1-2-7(12)13/h1-2,5-6H,3-4H2,(H,12,13)/b2-1+. The van der Waals surface area contributed by atoms with Crippen molar-refractivity contribution < 1.29 is 27.8 Å². The predicted molar refractivity (Wildman–Crippen MR) is 40.4 cm³/mol. The van der Waals surface area contributed by atoms with Gasteiger partial charge in [0.2, 0.25) is 0 Å². The Morgan fingerprint density at radius 3 is 2.43 bits per heavy atom. The second-order valence-electron chi connectivity index (χ2n) is 3.11. The van der Waals surface area contributed by atoms with Crippen molar-refractivity contribution in [1.29, 1.82) is 0 Å². The Balaban J connectivity index is 2.21. The maximum Gasteiger partial charge on any atom is 0.522 e. The third-order valence-corrected chi connectivity index (χ3v) is 1.94. The summed E-state index contributed by atoms with van der Waals surface area (Å²) in [4.78, 5) is 10.1. The maximum atomic E-state index is 11.6. The highest BCUT2D eigenvalue weighted by molar-refractivity contribution is 5.79. The lowest BCUT2D eigenvalue weighted by molar-refractivity contribution is -0.353. The smallest absolute Gasteiger partial charge is 0.478 e. The highest BCUT2D eigenvalue weighted by Crippen LogP contribution is 2.35. The first-order chi connectivity index (χ1) is 6.37. The largest absolute Gasteiger partial charge is 0.522 e. The van der Waals surface area contributed by atoms with E-state index in [2.05, 4.69) is 4.74 Å². The molecule has 0 aliphatic heterocycles. The van der Waals surface area contributed by atoms with Crippen LogP contribution in [0.15, 0.2) is 12.2 Å². The molecule has 80 valence electrons. The average Bonchev–Trinajstić information content (AvgIpc) is 1.90. The summed E-state index contributed by atoms with van der Waals surface area (Å²) in [5.41, 5.74) is 0. The molecule has 0 saturated heterocycles. The van der Waals surface area contributed by atoms with Crippen molar-refractivity contribution >= 4 is 5.97 Å². The van der Waals surface area contributed by atoms with E-state index < -0.39 is 18.4 Å². The minimum absolute atomic E-state index is 0.113. The molecule has 0 atom stereocenters. The number of hydrogen-bond acceptors (Lipinski definition) is 2. The van der Waals surface area contributed by atoms with Gasteiger partial charge >= 0.3 is 12.3 Å². The van der Waals surface area contributed by atoms with Crippen LogP contribution in [0.25, 0.3) is 0 Å². The van der Waals surface area contributed by atoms with Gasteiger partial charge in [-0.25, -0.2) is 4.79 Å². The topological polar surface area (TPSA) is 46.5 Å². The van der Waals surface area contributed by atoms with Crippen LogP contribution in [0.2, 0.25) is 0 Å². The van der Waals surface area contributed by atoms with E-state index in [0.29, 0.717) is 0 Å². The molecular formula is C8H9F3O3. The quantitative estimate of drug-likeness (QED) is 0.724. The molecule has 0 heterocycles. The number of halogens is 3. The van der Waals surface area contributed by atoms with Gasteiger partial charge < -0.3 is 5.11 Å². The second kappa shape index (κ2) is 4.00. The Hall–Kier alpha value is -1.04. The third kappa shape index (κ3) is 3.78. The molecule has 0 unspecified atom stereocenters. The summed E-state index contributed by atoms with van der Waals surface area (Å²) >= 11 is 0. The summed E-state index contributed by atoms with van der Waals surface area (Å²) in [6.45, 7) is 0. The Morgan fingerprint density at radius 1 is 1.43 bits per heavy atom. The number of alkyl halides is 3. The fourth-order valence-corrected chi connectivity index (χ4v) is 1.27. The van der Waals surface area contributed by atoms with Crippen LogP contribution in [-0.4, -0.2) is 23.5 Å².